The molecule has 0 saturated heterocycles. The highest BCUT2D eigenvalue weighted by molar-refractivity contribution is 5.71. The van der Waals surface area contributed by atoms with Crippen molar-refractivity contribution in [2.24, 2.45) is 10.2 Å². The normalized spacial score (nSPS) is 11.3. The van der Waals surface area contributed by atoms with Crippen LogP contribution in [0.15, 0.2) is 28.4 Å². The summed E-state index contributed by atoms with van der Waals surface area (Å²) in [7, 11) is 0. The van der Waals surface area contributed by atoms with Crippen molar-refractivity contribution in [1.82, 2.24) is 0 Å². The van der Waals surface area contributed by atoms with E-state index in [1.807, 2.05) is 0 Å². The van der Waals surface area contributed by atoms with Gasteiger partial charge in [0.1, 0.15) is 49.3 Å². The quantitative estimate of drug-likeness (QED) is 0.0293. The second kappa shape index (κ2) is 46.3. The predicted octanol–water partition coefficient (Wildman–Crippen LogP) is 4.00. The molecule has 1 rings (SSSR count). The van der Waals surface area contributed by atoms with Gasteiger partial charge in [-0.15, -0.1) is 0 Å². The Bertz CT molecular complexity index is 1310. The van der Waals surface area contributed by atoms with E-state index in [-0.39, 0.29) is 13.2 Å². The van der Waals surface area contributed by atoms with Crippen LogP contribution in [0.2, 0.25) is 0 Å². The lowest BCUT2D eigenvalue weighted by molar-refractivity contribution is -0.160. The molecule has 0 amide bonds. The van der Waals surface area contributed by atoms with Gasteiger partial charge in [0.25, 0.3) is 0 Å². The third kappa shape index (κ3) is 44.0. The van der Waals surface area contributed by atoms with Crippen LogP contribution < -0.4 is 14.2 Å². The van der Waals surface area contributed by atoms with Crippen LogP contribution in [-0.4, -0.2) is 216 Å². The van der Waals surface area contributed by atoms with Gasteiger partial charge in [-0.2, -0.15) is 0 Å². The topological polar surface area (TPSA) is 272 Å². The third-order valence-electron chi connectivity index (χ3n) is 7.50. The zero-order valence-electron chi connectivity index (χ0n) is 39.2. The number of rotatable bonds is 50. The van der Waals surface area contributed by atoms with E-state index in [4.69, 9.17) is 91.6 Å². The highest BCUT2D eigenvalue weighted by Gasteiger charge is 2.16. The minimum Gasteiger partial charge on any atom is -0.491 e. The first-order valence-electron chi connectivity index (χ1n) is 22.1. The van der Waals surface area contributed by atoms with Crippen molar-refractivity contribution in [3.05, 3.63) is 39.1 Å². The molecule has 0 heterocycles. The largest absolute Gasteiger partial charge is 0.491 e. The Hall–Kier alpha value is -3.81. The van der Waals surface area contributed by atoms with E-state index in [9.17, 15) is 4.79 Å². The van der Waals surface area contributed by atoms with E-state index in [0.717, 1.165) is 0 Å². The lowest BCUT2D eigenvalue weighted by Crippen LogP contribution is -2.27. The van der Waals surface area contributed by atoms with Crippen molar-refractivity contribution >= 4 is 5.97 Å². The van der Waals surface area contributed by atoms with Gasteiger partial charge in [0.2, 0.25) is 0 Å². The molecule has 66 heavy (non-hydrogen) atoms. The van der Waals surface area contributed by atoms with Crippen LogP contribution in [0, 0.1) is 0 Å². The number of hydrogen-bond acceptors (Lipinski definition) is 20. The summed E-state index contributed by atoms with van der Waals surface area (Å²) < 4.78 is 94.1. The van der Waals surface area contributed by atoms with Crippen LogP contribution in [-0.2, 0) is 71.1 Å². The average molecular weight is 951 g/mol. The van der Waals surface area contributed by atoms with Crippen molar-refractivity contribution in [2.45, 2.75) is 26.4 Å². The van der Waals surface area contributed by atoms with Crippen LogP contribution in [0.5, 0.6) is 17.2 Å². The molecule has 24 heteroatoms. The summed E-state index contributed by atoms with van der Waals surface area (Å²) in [6, 6.07) is 5.31. The van der Waals surface area contributed by atoms with Crippen molar-refractivity contribution in [1.29, 1.82) is 0 Å². The fraction of sp³-hybridized carbons (Fsp3) is 0.833. The minimum absolute atomic E-state index is 0.110. The molecule has 0 fully saturated rings. The lowest BCUT2D eigenvalue weighted by Gasteiger charge is -2.19. The Balaban J connectivity index is 2.26. The maximum absolute atomic E-state index is 11.6. The summed E-state index contributed by atoms with van der Waals surface area (Å²) in [5.41, 5.74) is 15.9. The Morgan fingerprint density at radius 3 is 0.864 bits per heavy atom. The van der Waals surface area contributed by atoms with Crippen LogP contribution >= 0.6 is 0 Å². The van der Waals surface area contributed by atoms with Crippen molar-refractivity contribution in [3.8, 4) is 17.2 Å². The van der Waals surface area contributed by atoms with E-state index < -0.39 is 11.6 Å². The second-order valence-electron chi connectivity index (χ2n) is 14.1. The van der Waals surface area contributed by atoms with Gasteiger partial charge >= 0.3 is 5.97 Å². The highest BCUT2D eigenvalue weighted by Crippen LogP contribution is 2.28. The van der Waals surface area contributed by atoms with E-state index >= 15 is 0 Å². The molecule has 0 aliphatic heterocycles. The molecule has 24 nitrogen and oxygen atoms in total. The maximum Gasteiger partial charge on any atom is 0.332 e. The Morgan fingerprint density at radius 1 is 0.394 bits per heavy atom. The zero-order chi connectivity index (χ0) is 47.7. The Morgan fingerprint density at radius 2 is 0.621 bits per heavy atom. The zero-order valence-corrected chi connectivity index (χ0v) is 39.2. The molecule has 0 radical (unpaired) electrons. The first-order valence-corrected chi connectivity index (χ1v) is 22.1. The molecule has 0 atom stereocenters. The number of esters is 1. The van der Waals surface area contributed by atoms with Crippen molar-refractivity contribution in [2.75, 3.05) is 205 Å². The van der Waals surface area contributed by atoms with Gasteiger partial charge in [-0.05, 0) is 31.8 Å². The molecule has 0 spiro atoms. The molecule has 0 aliphatic carbocycles. The van der Waals surface area contributed by atoms with E-state index in [0.29, 0.717) is 209 Å². The molecule has 1 aromatic carbocycles. The molecule has 0 saturated carbocycles. The van der Waals surface area contributed by atoms with E-state index in [1.54, 1.807) is 39.0 Å². The van der Waals surface area contributed by atoms with Gasteiger partial charge in [-0.25, -0.2) is 4.79 Å². The number of benzene rings is 1. The lowest BCUT2D eigenvalue weighted by atomic mass is 10.2. The third-order valence-corrected chi connectivity index (χ3v) is 7.50. The minimum atomic E-state index is -0.538. The van der Waals surface area contributed by atoms with Gasteiger partial charge in [0.15, 0.2) is 0 Å². The van der Waals surface area contributed by atoms with Crippen LogP contribution in [0.25, 0.3) is 20.9 Å². The summed E-state index contributed by atoms with van der Waals surface area (Å²) in [6.07, 6.45) is 0. The fourth-order valence-corrected chi connectivity index (χ4v) is 4.68. The van der Waals surface area contributed by atoms with E-state index in [1.165, 1.54) is 0 Å². The average Bonchev–Trinajstić information content (AvgIpc) is 3.29. The molecule has 0 unspecified atom stereocenters. The van der Waals surface area contributed by atoms with Gasteiger partial charge < -0.3 is 80.5 Å². The number of carbonyl (C=O) groups is 1. The summed E-state index contributed by atoms with van der Waals surface area (Å²) in [6.45, 7) is 16.6. The molecular formula is C42H74N6O18. The molecule has 0 N–H and O–H groups in total. The maximum atomic E-state index is 11.6. The standard InChI is InChI=1S/C42H74N6O18/c1-42(2,3)66-41(49)37-62-27-26-58-19-18-54-16-17-57-22-25-61-30-33-65-40-35-38(63-31-28-59-23-20-55-14-12-52-10-8-50-6-4-45-47-43)34-39(36-40)64-32-29-60-24-21-56-15-13-53-11-9-51-7-5-46-48-44/h34-36H,4-33,37H2,1-3H3. The highest BCUT2D eigenvalue weighted by atomic mass is 16.6. The molecule has 1 aromatic rings. The summed E-state index contributed by atoms with van der Waals surface area (Å²) in [5, 5.41) is 6.79. The predicted molar refractivity (Wildman–Crippen MR) is 237 cm³/mol. The number of nitrogens with zero attached hydrogens (tertiary/aromatic N) is 6. The summed E-state index contributed by atoms with van der Waals surface area (Å²) in [5.74, 6) is 1.23. The number of hydrogen-bond donors (Lipinski definition) is 0. The molecular weight excluding hydrogens is 876 g/mol. The first kappa shape index (κ1) is 60.2. The fourth-order valence-electron chi connectivity index (χ4n) is 4.68. The van der Waals surface area contributed by atoms with Crippen molar-refractivity contribution < 1.29 is 85.3 Å². The number of ether oxygens (including phenoxy) is 17. The summed E-state index contributed by atoms with van der Waals surface area (Å²) in [4.78, 5) is 16.9. The van der Waals surface area contributed by atoms with Crippen LogP contribution in [0.4, 0.5) is 0 Å². The smallest absolute Gasteiger partial charge is 0.332 e. The first-order chi connectivity index (χ1) is 32.3. The number of azide groups is 2. The molecule has 0 bridgehead atoms. The Labute approximate surface area is 388 Å². The van der Waals surface area contributed by atoms with Gasteiger partial charge in [-0.3, -0.25) is 0 Å². The van der Waals surface area contributed by atoms with Crippen molar-refractivity contribution in [3.63, 3.8) is 0 Å². The number of carbonyl (C=O) groups excluding carboxylic acids is 1. The van der Waals surface area contributed by atoms with E-state index in [2.05, 4.69) is 20.1 Å². The van der Waals surface area contributed by atoms with Gasteiger partial charge in [0, 0.05) is 41.1 Å². The summed E-state index contributed by atoms with van der Waals surface area (Å²) >= 11 is 0. The van der Waals surface area contributed by atoms with Crippen LogP contribution in [0.1, 0.15) is 20.8 Å². The van der Waals surface area contributed by atoms with Gasteiger partial charge in [0.05, 0.1) is 165 Å². The van der Waals surface area contributed by atoms with Crippen LogP contribution in [0.3, 0.4) is 0 Å². The molecule has 0 aromatic heterocycles. The van der Waals surface area contributed by atoms with Gasteiger partial charge in [-0.1, -0.05) is 10.2 Å². The SMILES string of the molecule is CC(C)(C)OC(=O)COCCOCCOCCOCCOCCOc1cc(OCCOCCOCCOCCOCCN=[N+]=[N-])cc(OCCOCCOCCOCCOCCN=[N+]=[N-])c1. The molecule has 0 aliphatic rings. The second-order valence-corrected chi connectivity index (χ2v) is 14.1. The monoisotopic (exact) mass is 951 g/mol. The molecule has 380 valence electrons. The Kier molecular flexibility index (Phi) is 42.2.